The van der Waals surface area contributed by atoms with Crippen LogP contribution in [0, 0.1) is 3.57 Å². The summed E-state index contributed by atoms with van der Waals surface area (Å²) in [6.45, 7) is -0.178. The van der Waals surface area contributed by atoms with Gasteiger partial charge in [0.1, 0.15) is 17.3 Å². The minimum absolute atomic E-state index is 0.178. The van der Waals surface area contributed by atoms with Crippen molar-refractivity contribution in [2.75, 3.05) is 6.61 Å². The highest BCUT2D eigenvalue weighted by Crippen LogP contribution is 2.36. The summed E-state index contributed by atoms with van der Waals surface area (Å²) in [4.78, 5) is 11.9. The predicted octanol–water partition coefficient (Wildman–Crippen LogP) is 6.37. The van der Waals surface area contributed by atoms with E-state index in [0.29, 0.717) is 11.5 Å². The van der Waals surface area contributed by atoms with Crippen molar-refractivity contribution in [2.45, 2.75) is 0 Å². The number of hydrogen-bond acceptors (Lipinski definition) is 4. The third-order valence-electron chi connectivity index (χ3n) is 3.45. The van der Waals surface area contributed by atoms with Gasteiger partial charge in [0.25, 0.3) is 5.91 Å². The number of hydrazone groups is 1. The van der Waals surface area contributed by atoms with E-state index in [1.54, 1.807) is 6.07 Å². The van der Waals surface area contributed by atoms with Crippen LogP contribution in [-0.4, -0.2) is 18.7 Å². The molecule has 3 aromatic rings. The molecule has 1 amide bonds. The van der Waals surface area contributed by atoms with E-state index >= 15 is 0 Å². The molecule has 0 radical (unpaired) electrons. The maximum atomic E-state index is 11.9. The topological polar surface area (TPSA) is 63.8 Å². The van der Waals surface area contributed by atoms with Crippen LogP contribution in [0.3, 0.4) is 0 Å². The largest absolute Gasteiger partial charge is 0.481 e. The highest BCUT2D eigenvalue weighted by molar-refractivity contribution is 14.1. The van der Waals surface area contributed by atoms with Crippen LogP contribution < -0.4 is 10.2 Å². The lowest BCUT2D eigenvalue weighted by Gasteiger charge is -2.09. The first-order valence-corrected chi connectivity index (χ1v) is 11.3. The minimum atomic E-state index is -0.387. The van der Waals surface area contributed by atoms with Gasteiger partial charge in [-0.1, -0.05) is 28.1 Å². The normalized spacial score (nSPS) is 11.0. The van der Waals surface area contributed by atoms with Gasteiger partial charge in [-0.3, -0.25) is 4.79 Å². The molecule has 28 heavy (non-hydrogen) atoms. The van der Waals surface area contributed by atoms with E-state index in [1.807, 2.05) is 42.5 Å². The van der Waals surface area contributed by atoms with Gasteiger partial charge in [0.05, 0.1) is 15.2 Å². The summed E-state index contributed by atoms with van der Waals surface area (Å²) in [5.41, 5.74) is 3.39. The van der Waals surface area contributed by atoms with E-state index in [4.69, 9.17) is 9.15 Å². The van der Waals surface area contributed by atoms with Crippen LogP contribution in [0.15, 0.2) is 71.5 Å². The number of benzene rings is 2. The van der Waals surface area contributed by atoms with Crippen molar-refractivity contribution in [3.05, 3.63) is 71.3 Å². The Labute approximate surface area is 200 Å². The first-order valence-electron chi connectivity index (χ1n) is 7.87. The molecule has 0 saturated heterocycles. The Morgan fingerprint density at radius 2 is 1.79 bits per heavy atom. The molecule has 144 valence electrons. The quantitative estimate of drug-likeness (QED) is 0.187. The van der Waals surface area contributed by atoms with Crippen molar-refractivity contribution in [3.63, 3.8) is 0 Å². The molecule has 1 heterocycles. The van der Waals surface area contributed by atoms with Gasteiger partial charge in [0.2, 0.25) is 0 Å². The number of carbonyl (C=O) groups is 1. The second kappa shape index (κ2) is 10.0. The molecule has 1 N–H and O–H groups in total. The van der Waals surface area contributed by atoms with Gasteiger partial charge < -0.3 is 9.15 Å². The lowest BCUT2D eigenvalue weighted by Crippen LogP contribution is -2.24. The zero-order chi connectivity index (χ0) is 20.1. The number of nitrogens with one attached hydrogen (secondary N) is 1. The Morgan fingerprint density at radius 1 is 1.11 bits per heavy atom. The smallest absolute Gasteiger partial charge is 0.277 e. The Bertz CT molecular complexity index is 997. The highest BCUT2D eigenvalue weighted by Gasteiger charge is 2.10. The van der Waals surface area contributed by atoms with Gasteiger partial charge in [0, 0.05) is 13.6 Å². The van der Waals surface area contributed by atoms with Crippen LogP contribution >= 0.6 is 70.4 Å². The molecule has 0 aliphatic heterocycles. The number of carbonyl (C=O) groups excluding carboxylic acids is 1. The lowest BCUT2D eigenvalue weighted by atomic mass is 10.2. The summed E-state index contributed by atoms with van der Waals surface area (Å²) in [7, 11) is 0. The molecule has 0 fully saturated rings. The number of furan rings is 1. The third kappa shape index (κ3) is 5.91. The van der Waals surface area contributed by atoms with E-state index in [9.17, 15) is 4.79 Å². The van der Waals surface area contributed by atoms with E-state index in [2.05, 4.69) is 80.9 Å². The van der Waals surface area contributed by atoms with Crippen LogP contribution in [-0.2, 0) is 4.79 Å². The van der Waals surface area contributed by atoms with Crippen molar-refractivity contribution < 1.29 is 13.9 Å². The summed E-state index contributed by atoms with van der Waals surface area (Å²) < 4.78 is 14.7. The molecule has 0 saturated carbocycles. The molecule has 0 spiro atoms. The van der Waals surface area contributed by atoms with Crippen molar-refractivity contribution in [3.8, 4) is 17.1 Å². The van der Waals surface area contributed by atoms with Gasteiger partial charge in [-0.25, -0.2) is 5.43 Å². The van der Waals surface area contributed by atoms with Gasteiger partial charge in [-0.15, -0.1) is 0 Å². The van der Waals surface area contributed by atoms with Crippen LogP contribution in [0.5, 0.6) is 5.75 Å². The summed E-state index contributed by atoms with van der Waals surface area (Å²) in [5.74, 6) is 1.42. The molecule has 0 atom stereocenters. The van der Waals surface area contributed by atoms with Gasteiger partial charge >= 0.3 is 0 Å². The van der Waals surface area contributed by atoms with E-state index < -0.39 is 0 Å². The van der Waals surface area contributed by atoms with Gasteiger partial charge in [-0.05, 0) is 90.8 Å². The zero-order valence-corrected chi connectivity index (χ0v) is 21.0. The highest BCUT2D eigenvalue weighted by atomic mass is 127. The molecular formula is C19H12Br3IN2O3. The Kier molecular flexibility index (Phi) is 7.72. The number of amides is 1. The van der Waals surface area contributed by atoms with Crippen LogP contribution in [0.1, 0.15) is 5.76 Å². The van der Waals surface area contributed by atoms with E-state index in [-0.39, 0.29) is 12.5 Å². The molecule has 2 aromatic carbocycles. The maximum absolute atomic E-state index is 11.9. The second-order valence-corrected chi connectivity index (χ2v) is 9.36. The standard InChI is InChI=1S/C19H12Br3IN2O3/c20-12-7-15(21)19(16(22)8-12)27-10-18(26)25-24-9-14-5-6-17(28-14)11-1-3-13(23)4-2-11/h1-9H,10H2,(H,25,26)/b24-9-. The van der Waals surface area contributed by atoms with Crippen LogP contribution in [0.25, 0.3) is 11.3 Å². The molecule has 5 nitrogen and oxygen atoms in total. The zero-order valence-electron chi connectivity index (χ0n) is 14.1. The van der Waals surface area contributed by atoms with Crippen LogP contribution in [0.2, 0.25) is 0 Å². The summed E-state index contributed by atoms with van der Waals surface area (Å²) in [6.07, 6.45) is 1.44. The molecule has 9 heteroatoms. The molecule has 3 rings (SSSR count). The fourth-order valence-electron chi connectivity index (χ4n) is 2.20. The number of nitrogens with zero attached hydrogens (tertiary/aromatic N) is 1. The SMILES string of the molecule is O=C(COc1c(Br)cc(Br)cc1Br)N/N=C\c1ccc(-c2ccc(I)cc2)o1. The predicted molar refractivity (Wildman–Crippen MR) is 128 cm³/mol. The average Bonchev–Trinajstić information content (AvgIpc) is 3.10. The Balaban J connectivity index is 1.54. The van der Waals surface area contributed by atoms with Gasteiger partial charge in [0.15, 0.2) is 6.61 Å². The fraction of sp³-hybridized carbons (Fsp3) is 0.0526. The number of rotatable bonds is 6. The average molecular weight is 683 g/mol. The van der Waals surface area contributed by atoms with Crippen molar-refractivity contribution in [1.29, 1.82) is 0 Å². The first-order chi connectivity index (χ1) is 13.4. The molecule has 0 aliphatic carbocycles. The van der Waals surface area contributed by atoms with E-state index in [1.165, 1.54) is 6.21 Å². The maximum Gasteiger partial charge on any atom is 0.277 e. The molecule has 0 bridgehead atoms. The van der Waals surface area contributed by atoms with Crippen LogP contribution in [0.4, 0.5) is 0 Å². The summed E-state index contributed by atoms with van der Waals surface area (Å²) >= 11 is 12.4. The molecule has 0 aliphatic rings. The third-order valence-corrected chi connectivity index (χ3v) is 5.80. The summed E-state index contributed by atoms with van der Waals surface area (Å²) in [6, 6.07) is 15.3. The minimum Gasteiger partial charge on any atom is -0.481 e. The molecular weight excluding hydrogens is 671 g/mol. The summed E-state index contributed by atoms with van der Waals surface area (Å²) in [5, 5.41) is 3.90. The molecule has 1 aromatic heterocycles. The number of hydrogen-bond donors (Lipinski definition) is 1. The van der Waals surface area contributed by atoms with Crippen molar-refractivity contribution in [2.24, 2.45) is 5.10 Å². The Hall–Kier alpha value is -1.17. The first kappa shape index (κ1) is 21.5. The van der Waals surface area contributed by atoms with E-state index in [0.717, 1.165) is 28.3 Å². The molecule has 0 unspecified atom stereocenters. The Morgan fingerprint density at radius 3 is 2.46 bits per heavy atom. The van der Waals surface area contributed by atoms with Gasteiger partial charge in [-0.2, -0.15) is 5.10 Å². The lowest BCUT2D eigenvalue weighted by molar-refractivity contribution is -0.123. The number of halogens is 4. The van der Waals surface area contributed by atoms with Crippen molar-refractivity contribution >= 4 is 82.5 Å². The second-order valence-electron chi connectivity index (χ2n) is 5.49. The fourth-order valence-corrected chi connectivity index (χ4v) is 5.04. The number of ether oxygens (including phenoxy) is 1. The monoisotopic (exact) mass is 680 g/mol. The van der Waals surface area contributed by atoms with Crippen molar-refractivity contribution in [1.82, 2.24) is 5.43 Å².